The van der Waals surface area contributed by atoms with Crippen molar-refractivity contribution >= 4 is 15.9 Å². The van der Waals surface area contributed by atoms with E-state index in [2.05, 4.69) is 30.9 Å². The number of nitrogens with zero attached hydrogens (tertiary/aromatic N) is 1. The lowest BCUT2D eigenvalue weighted by molar-refractivity contribution is -0.274. The lowest BCUT2D eigenvalue weighted by atomic mass is 9.96. The van der Waals surface area contributed by atoms with Crippen LogP contribution in [-0.4, -0.2) is 37.4 Å². The first kappa shape index (κ1) is 18.2. The van der Waals surface area contributed by atoms with Crippen molar-refractivity contribution in [2.75, 3.05) is 26.2 Å². The van der Waals surface area contributed by atoms with Crippen LogP contribution in [0.3, 0.4) is 0 Å². The highest BCUT2D eigenvalue weighted by molar-refractivity contribution is 9.10. The second kappa shape index (κ2) is 7.76. The first-order valence-electron chi connectivity index (χ1n) is 7.98. The van der Waals surface area contributed by atoms with Gasteiger partial charge in [0.25, 0.3) is 0 Å². The Morgan fingerprint density at radius 2 is 1.68 bits per heavy atom. The minimum atomic E-state index is -4.68. The molecule has 3 rings (SSSR count). The molecule has 1 fully saturated rings. The molecule has 7 heteroatoms. The highest BCUT2D eigenvalue weighted by Crippen LogP contribution is 2.32. The summed E-state index contributed by atoms with van der Waals surface area (Å²) in [6, 6.07) is 14.1. The van der Waals surface area contributed by atoms with Gasteiger partial charge in [-0.05, 0) is 35.4 Å². The zero-order valence-corrected chi connectivity index (χ0v) is 15.0. The molecular weight excluding hydrogens is 397 g/mol. The van der Waals surface area contributed by atoms with Gasteiger partial charge in [-0.2, -0.15) is 0 Å². The Hall–Kier alpha value is -1.57. The molecule has 0 aliphatic carbocycles. The van der Waals surface area contributed by atoms with Crippen molar-refractivity contribution in [1.82, 2.24) is 10.2 Å². The van der Waals surface area contributed by atoms with Crippen LogP contribution < -0.4 is 10.1 Å². The van der Waals surface area contributed by atoms with Crippen LogP contribution in [0.5, 0.6) is 5.75 Å². The van der Waals surface area contributed by atoms with Gasteiger partial charge in [-0.15, -0.1) is 13.2 Å². The average Bonchev–Trinajstić information content (AvgIpc) is 2.56. The maximum absolute atomic E-state index is 12.4. The standard InChI is InChI=1S/C18H18BrF3N2O/c19-15-3-1-2-14(12-15)17(24-10-8-23-9-11-24)13-4-6-16(7-5-13)25-18(20,21)22/h1-7,12,17,23H,8-11H2/t17-/m1/s1. The zero-order valence-electron chi connectivity index (χ0n) is 13.4. The summed E-state index contributed by atoms with van der Waals surface area (Å²) in [6.07, 6.45) is -4.68. The fourth-order valence-corrected chi connectivity index (χ4v) is 3.50. The summed E-state index contributed by atoms with van der Waals surface area (Å²) >= 11 is 3.50. The molecule has 0 spiro atoms. The van der Waals surface area contributed by atoms with Gasteiger partial charge in [-0.1, -0.05) is 40.2 Å². The Balaban J connectivity index is 1.91. The van der Waals surface area contributed by atoms with Crippen molar-refractivity contribution in [1.29, 1.82) is 0 Å². The molecule has 0 saturated carbocycles. The molecule has 1 aliphatic rings. The van der Waals surface area contributed by atoms with Crippen LogP contribution in [-0.2, 0) is 0 Å². The van der Waals surface area contributed by atoms with E-state index in [1.807, 2.05) is 24.3 Å². The smallest absolute Gasteiger partial charge is 0.406 e. The third-order valence-electron chi connectivity index (χ3n) is 4.11. The molecule has 3 nitrogen and oxygen atoms in total. The van der Waals surface area contributed by atoms with Gasteiger partial charge in [0.15, 0.2) is 0 Å². The van der Waals surface area contributed by atoms with Crippen molar-refractivity contribution in [3.8, 4) is 5.75 Å². The number of rotatable bonds is 4. The second-order valence-corrected chi connectivity index (χ2v) is 6.78. The third kappa shape index (κ3) is 4.96. The van der Waals surface area contributed by atoms with Crippen LogP contribution in [0.2, 0.25) is 0 Å². The quantitative estimate of drug-likeness (QED) is 0.804. The molecular formula is C18H18BrF3N2O. The molecule has 2 aromatic carbocycles. The molecule has 1 N–H and O–H groups in total. The van der Waals surface area contributed by atoms with Gasteiger partial charge in [0.2, 0.25) is 0 Å². The Kier molecular flexibility index (Phi) is 5.66. The maximum Gasteiger partial charge on any atom is 0.573 e. The minimum absolute atomic E-state index is 0.0143. The van der Waals surface area contributed by atoms with Crippen LogP contribution in [0.4, 0.5) is 13.2 Å². The van der Waals surface area contributed by atoms with Crippen LogP contribution in [0, 0.1) is 0 Å². The molecule has 25 heavy (non-hydrogen) atoms. The van der Waals surface area contributed by atoms with Crippen LogP contribution in [0.1, 0.15) is 17.2 Å². The SMILES string of the molecule is FC(F)(F)Oc1ccc([C@H](c2cccc(Br)c2)N2CCNCC2)cc1. The minimum Gasteiger partial charge on any atom is -0.406 e. The van der Waals surface area contributed by atoms with E-state index in [0.29, 0.717) is 0 Å². The number of hydrogen-bond acceptors (Lipinski definition) is 3. The second-order valence-electron chi connectivity index (χ2n) is 5.86. The van der Waals surface area contributed by atoms with Crippen molar-refractivity contribution in [3.05, 3.63) is 64.1 Å². The van der Waals surface area contributed by atoms with Gasteiger partial charge < -0.3 is 10.1 Å². The van der Waals surface area contributed by atoms with Crippen molar-refractivity contribution < 1.29 is 17.9 Å². The third-order valence-corrected chi connectivity index (χ3v) is 4.60. The van der Waals surface area contributed by atoms with E-state index in [1.165, 1.54) is 12.1 Å². The molecule has 0 bridgehead atoms. The van der Waals surface area contributed by atoms with Gasteiger partial charge >= 0.3 is 6.36 Å². The summed E-state index contributed by atoms with van der Waals surface area (Å²) in [5.41, 5.74) is 2.04. The summed E-state index contributed by atoms with van der Waals surface area (Å²) < 4.78 is 42.0. The average molecular weight is 415 g/mol. The van der Waals surface area contributed by atoms with Crippen LogP contribution >= 0.6 is 15.9 Å². The number of halogens is 4. The van der Waals surface area contributed by atoms with Gasteiger partial charge in [0.1, 0.15) is 5.75 Å². The van der Waals surface area contributed by atoms with E-state index in [1.54, 1.807) is 12.1 Å². The van der Waals surface area contributed by atoms with Crippen molar-refractivity contribution in [2.45, 2.75) is 12.4 Å². The highest BCUT2D eigenvalue weighted by Gasteiger charge is 2.31. The number of benzene rings is 2. The van der Waals surface area contributed by atoms with E-state index >= 15 is 0 Å². The molecule has 2 aromatic rings. The Labute approximate surface area is 152 Å². The molecule has 0 amide bonds. The Bertz CT molecular complexity index is 700. The summed E-state index contributed by atoms with van der Waals surface area (Å²) in [5.74, 6) is -0.204. The number of hydrogen-bond donors (Lipinski definition) is 1. The van der Waals surface area contributed by atoms with Gasteiger partial charge in [0, 0.05) is 30.7 Å². The summed E-state index contributed by atoms with van der Waals surface area (Å²) in [7, 11) is 0. The normalized spacial score (nSPS) is 17.3. The number of nitrogens with one attached hydrogen (secondary N) is 1. The molecule has 134 valence electrons. The first-order chi connectivity index (χ1) is 11.9. The molecule has 1 saturated heterocycles. The molecule has 0 unspecified atom stereocenters. The molecule has 1 heterocycles. The van der Waals surface area contributed by atoms with E-state index in [0.717, 1.165) is 41.8 Å². The van der Waals surface area contributed by atoms with Gasteiger partial charge in [0.05, 0.1) is 6.04 Å². The summed E-state index contributed by atoms with van der Waals surface area (Å²) in [5, 5.41) is 3.32. The van der Waals surface area contributed by atoms with Crippen molar-refractivity contribution in [3.63, 3.8) is 0 Å². The largest absolute Gasteiger partial charge is 0.573 e. The maximum atomic E-state index is 12.4. The van der Waals surface area contributed by atoms with E-state index in [-0.39, 0.29) is 11.8 Å². The molecule has 1 atom stereocenters. The predicted octanol–water partition coefficient (Wildman–Crippen LogP) is 4.34. The molecule has 0 aromatic heterocycles. The topological polar surface area (TPSA) is 24.5 Å². The fourth-order valence-electron chi connectivity index (χ4n) is 3.08. The van der Waals surface area contributed by atoms with E-state index < -0.39 is 6.36 Å². The van der Waals surface area contributed by atoms with E-state index in [9.17, 15) is 13.2 Å². The van der Waals surface area contributed by atoms with Crippen LogP contribution in [0.25, 0.3) is 0 Å². The number of piperazine rings is 1. The van der Waals surface area contributed by atoms with Gasteiger partial charge in [-0.3, -0.25) is 4.90 Å². The number of alkyl halides is 3. The fraction of sp³-hybridized carbons (Fsp3) is 0.333. The highest BCUT2D eigenvalue weighted by atomic mass is 79.9. The van der Waals surface area contributed by atoms with Gasteiger partial charge in [-0.25, -0.2) is 0 Å². The number of ether oxygens (including phenoxy) is 1. The summed E-state index contributed by atoms with van der Waals surface area (Å²) in [6.45, 7) is 3.52. The Morgan fingerprint density at radius 3 is 2.28 bits per heavy atom. The summed E-state index contributed by atoms with van der Waals surface area (Å²) in [4.78, 5) is 2.33. The molecule has 0 radical (unpaired) electrons. The van der Waals surface area contributed by atoms with Crippen LogP contribution in [0.15, 0.2) is 53.0 Å². The van der Waals surface area contributed by atoms with Crippen molar-refractivity contribution in [2.24, 2.45) is 0 Å². The Morgan fingerprint density at radius 1 is 1.00 bits per heavy atom. The first-order valence-corrected chi connectivity index (χ1v) is 8.78. The van der Waals surface area contributed by atoms with E-state index in [4.69, 9.17) is 0 Å². The zero-order chi connectivity index (χ0) is 17.9. The lowest BCUT2D eigenvalue weighted by Crippen LogP contribution is -2.45. The monoisotopic (exact) mass is 414 g/mol. The lowest BCUT2D eigenvalue weighted by Gasteiger charge is -2.35. The predicted molar refractivity (Wildman–Crippen MR) is 93.6 cm³/mol. The molecule has 1 aliphatic heterocycles.